The number of hydrogen-bond acceptors (Lipinski definition) is 0. The van der Waals surface area contributed by atoms with Crippen LogP contribution in [0.1, 0.15) is 34.9 Å². The molecule has 1 aromatic carbocycles. The van der Waals surface area contributed by atoms with Gasteiger partial charge in [0.25, 0.3) is 0 Å². The van der Waals surface area contributed by atoms with E-state index in [1.54, 1.807) is 0 Å². The Balaban J connectivity index is 1.85. The lowest BCUT2D eigenvalue weighted by Crippen LogP contribution is -1.92. The predicted octanol–water partition coefficient (Wildman–Crippen LogP) is 4.29. The van der Waals surface area contributed by atoms with Gasteiger partial charge in [0, 0.05) is 11.9 Å². The largest absolute Gasteiger partial charge is 0.361 e. The van der Waals surface area contributed by atoms with Gasteiger partial charge in [-0.25, -0.2) is 0 Å². The van der Waals surface area contributed by atoms with Crippen molar-refractivity contribution in [2.24, 2.45) is 0 Å². The molecule has 0 saturated heterocycles. The number of benzene rings is 1. The van der Waals surface area contributed by atoms with Crippen LogP contribution in [-0.2, 0) is 19.3 Å². The molecular formula is C18H19N. The average molecular weight is 249 g/mol. The summed E-state index contributed by atoms with van der Waals surface area (Å²) in [6, 6.07) is 8.97. The second-order valence-corrected chi connectivity index (χ2v) is 5.04. The van der Waals surface area contributed by atoms with Gasteiger partial charge >= 0.3 is 0 Å². The first-order valence-corrected chi connectivity index (χ1v) is 6.97. The molecule has 2 aromatic rings. The fraction of sp³-hybridized carbons (Fsp3) is 0.222. The van der Waals surface area contributed by atoms with Gasteiger partial charge in [0.05, 0.1) is 0 Å². The number of hydrogen-bond donors (Lipinski definition) is 1. The van der Waals surface area contributed by atoms with E-state index in [1.165, 1.54) is 27.9 Å². The third kappa shape index (κ3) is 2.55. The molecule has 0 unspecified atom stereocenters. The minimum absolute atomic E-state index is 1.01. The molecule has 3 rings (SSSR count). The minimum atomic E-state index is 1.01. The molecule has 1 aromatic heterocycles. The van der Waals surface area contributed by atoms with E-state index in [4.69, 9.17) is 0 Å². The second-order valence-electron chi connectivity index (χ2n) is 5.04. The summed E-state index contributed by atoms with van der Waals surface area (Å²) in [5.74, 6) is 0. The highest BCUT2D eigenvalue weighted by molar-refractivity contribution is 5.57. The Morgan fingerprint density at radius 2 is 1.84 bits per heavy atom. The molecule has 0 amide bonds. The van der Waals surface area contributed by atoms with Crippen molar-refractivity contribution in [3.8, 4) is 0 Å². The molecule has 1 heteroatoms. The summed E-state index contributed by atoms with van der Waals surface area (Å²) in [7, 11) is 0. The Kier molecular flexibility index (Phi) is 3.37. The summed E-state index contributed by atoms with van der Waals surface area (Å²) in [5, 5.41) is 0. The fourth-order valence-corrected chi connectivity index (χ4v) is 2.59. The standard InChI is InChI=1S/C18H19N/c1-2-14-8-10-15(11-9-14)12-16-13-19-18-7-5-3-4-6-17(16)18/h3-5,7-11,13,19H,2,6,12H2,1H3. The van der Waals surface area contributed by atoms with E-state index in [-0.39, 0.29) is 0 Å². The van der Waals surface area contributed by atoms with Gasteiger partial charge in [-0.05, 0) is 47.6 Å². The molecule has 0 radical (unpaired) electrons. The first-order valence-electron chi connectivity index (χ1n) is 6.97. The Labute approximate surface area is 114 Å². The zero-order chi connectivity index (χ0) is 13.1. The van der Waals surface area contributed by atoms with Gasteiger partial charge in [-0.1, -0.05) is 49.4 Å². The number of aromatic amines is 1. The molecule has 0 atom stereocenters. The Morgan fingerprint density at radius 3 is 2.63 bits per heavy atom. The van der Waals surface area contributed by atoms with Crippen molar-refractivity contribution < 1.29 is 0 Å². The molecule has 1 aliphatic rings. The summed E-state index contributed by atoms with van der Waals surface area (Å²) in [6.07, 6.45) is 13.9. The van der Waals surface area contributed by atoms with Gasteiger partial charge in [0.15, 0.2) is 0 Å². The molecule has 96 valence electrons. The maximum Gasteiger partial charge on any atom is 0.0419 e. The van der Waals surface area contributed by atoms with E-state index in [9.17, 15) is 0 Å². The van der Waals surface area contributed by atoms with E-state index >= 15 is 0 Å². The third-order valence-corrected chi connectivity index (χ3v) is 3.77. The summed E-state index contributed by atoms with van der Waals surface area (Å²) in [4.78, 5) is 3.38. The molecule has 0 bridgehead atoms. The van der Waals surface area contributed by atoms with Crippen LogP contribution < -0.4 is 0 Å². The van der Waals surface area contributed by atoms with Crippen molar-refractivity contribution in [2.75, 3.05) is 0 Å². The van der Waals surface area contributed by atoms with Crippen LogP contribution in [0.4, 0.5) is 0 Å². The van der Waals surface area contributed by atoms with Crippen LogP contribution in [0.2, 0.25) is 0 Å². The quantitative estimate of drug-likeness (QED) is 0.835. The molecule has 0 saturated carbocycles. The van der Waals surface area contributed by atoms with Crippen LogP contribution >= 0.6 is 0 Å². The normalized spacial score (nSPS) is 13.3. The van der Waals surface area contributed by atoms with Crippen molar-refractivity contribution in [1.82, 2.24) is 4.98 Å². The fourth-order valence-electron chi connectivity index (χ4n) is 2.59. The van der Waals surface area contributed by atoms with Gasteiger partial charge in [0.1, 0.15) is 0 Å². The maximum absolute atomic E-state index is 3.38. The van der Waals surface area contributed by atoms with Crippen LogP contribution in [0.3, 0.4) is 0 Å². The number of H-pyrrole nitrogens is 1. The van der Waals surface area contributed by atoms with E-state index in [0.29, 0.717) is 0 Å². The topological polar surface area (TPSA) is 15.8 Å². The van der Waals surface area contributed by atoms with E-state index in [2.05, 4.69) is 66.7 Å². The lowest BCUT2D eigenvalue weighted by molar-refractivity contribution is 1.11. The molecular weight excluding hydrogens is 230 g/mol. The molecule has 1 heterocycles. The SMILES string of the molecule is CCc1ccc(Cc2c[nH]c3c2CC=CC=C3)cc1. The monoisotopic (exact) mass is 249 g/mol. The van der Waals surface area contributed by atoms with Crippen molar-refractivity contribution >= 4 is 6.08 Å². The van der Waals surface area contributed by atoms with Gasteiger partial charge in [-0.15, -0.1) is 0 Å². The zero-order valence-corrected chi connectivity index (χ0v) is 11.3. The number of fused-ring (bicyclic) bond motifs is 1. The lowest BCUT2D eigenvalue weighted by Gasteiger charge is -2.04. The van der Waals surface area contributed by atoms with E-state index in [0.717, 1.165) is 19.3 Å². The highest BCUT2D eigenvalue weighted by atomic mass is 14.7. The Morgan fingerprint density at radius 1 is 1.05 bits per heavy atom. The predicted molar refractivity (Wildman–Crippen MR) is 81.3 cm³/mol. The molecule has 1 aliphatic carbocycles. The second kappa shape index (κ2) is 5.31. The molecule has 1 N–H and O–H groups in total. The van der Waals surface area contributed by atoms with Gasteiger partial charge in [-0.3, -0.25) is 0 Å². The molecule has 19 heavy (non-hydrogen) atoms. The van der Waals surface area contributed by atoms with Crippen LogP contribution in [0.25, 0.3) is 6.08 Å². The van der Waals surface area contributed by atoms with Gasteiger partial charge in [0.2, 0.25) is 0 Å². The van der Waals surface area contributed by atoms with Crippen LogP contribution in [0.5, 0.6) is 0 Å². The summed E-state index contributed by atoms with van der Waals surface area (Å²) >= 11 is 0. The zero-order valence-electron chi connectivity index (χ0n) is 11.3. The highest BCUT2D eigenvalue weighted by Gasteiger charge is 2.09. The van der Waals surface area contributed by atoms with Gasteiger partial charge < -0.3 is 4.98 Å². The molecule has 0 spiro atoms. The van der Waals surface area contributed by atoms with Crippen LogP contribution in [-0.4, -0.2) is 4.98 Å². The number of allylic oxidation sites excluding steroid dienone is 3. The number of aryl methyl sites for hydroxylation is 1. The van der Waals surface area contributed by atoms with Gasteiger partial charge in [-0.2, -0.15) is 0 Å². The Bertz CT molecular complexity index is 612. The van der Waals surface area contributed by atoms with Crippen molar-refractivity contribution in [2.45, 2.75) is 26.2 Å². The summed E-state index contributed by atoms with van der Waals surface area (Å²) in [6.45, 7) is 2.19. The van der Waals surface area contributed by atoms with Crippen molar-refractivity contribution in [3.05, 3.63) is 76.6 Å². The van der Waals surface area contributed by atoms with Crippen molar-refractivity contribution in [3.63, 3.8) is 0 Å². The number of aromatic nitrogens is 1. The first-order chi connectivity index (χ1) is 9.36. The van der Waals surface area contributed by atoms with Crippen LogP contribution in [0.15, 0.2) is 48.7 Å². The number of rotatable bonds is 3. The molecule has 0 fully saturated rings. The van der Waals surface area contributed by atoms with Crippen molar-refractivity contribution in [1.29, 1.82) is 0 Å². The van der Waals surface area contributed by atoms with Crippen LogP contribution in [0, 0.1) is 0 Å². The highest BCUT2D eigenvalue weighted by Crippen LogP contribution is 2.22. The number of nitrogens with one attached hydrogen (secondary N) is 1. The average Bonchev–Trinajstić information content (AvgIpc) is 2.68. The van der Waals surface area contributed by atoms with E-state index in [1.807, 2.05) is 0 Å². The lowest BCUT2D eigenvalue weighted by atomic mass is 9.99. The smallest absolute Gasteiger partial charge is 0.0419 e. The third-order valence-electron chi connectivity index (χ3n) is 3.77. The first kappa shape index (κ1) is 12.0. The Hall–Kier alpha value is -2.02. The molecule has 0 aliphatic heterocycles. The summed E-state index contributed by atoms with van der Waals surface area (Å²) in [5.41, 5.74) is 6.89. The van der Waals surface area contributed by atoms with E-state index < -0.39 is 0 Å². The maximum atomic E-state index is 3.38. The summed E-state index contributed by atoms with van der Waals surface area (Å²) < 4.78 is 0. The minimum Gasteiger partial charge on any atom is -0.361 e. The molecule has 1 nitrogen and oxygen atoms in total.